The molecule has 0 heterocycles. The van der Waals surface area contributed by atoms with E-state index in [2.05, 4.69) is 17.4 Å². The SMILES string of the molecule is CC[C@H](Oc1ccc2c(c1)CCCC2)C(=O)NCCOc1ccccc1Cl. The number of carbonyl (C=O) groups is 1. The van der Waals surface area contributed by atoms with E-state index in [-0.39, 0.29) is 5.91 Å². The van der Waals surface area contributed by atoms with Crippen molar-refractivity contribution >= 4 is 17.5 Å². The van der Waals surface area contributed by atoms with E-state index >= 15 is 0 Å². The lowest BCUT2D eigenvalue weighted by Crippen LogP contribution is -2.39. The fourth-order valence-electron chi connectivity index (χ4n) is 3.28. The molecular weight excluding hydrogens is 362 g/mol. The molecule has 1 aliphatic rings. The summed E-state index contributed by atoms with van der Waals surface area (Å²) in [7, 11) is 0. The van der Waals surface area contributed by atoms with Gasteiger partial charge in [0.05, 0.1) is 11.6 Å². The van der Waals surface area contributed by atoms with Gasteiger partial charge in [-0.05, 0) is 67.5 Å². The Labute approximate surface area is 165 Å². The smallest absolute Gasteiger partial charge is 0.261 e. The number of carbonyl (C=O) groups excluding carboxylic acids is 1. The van der Waals surface area contributed by atoms with Gasteiger partial charge < -0.3 is 14.8 Å². The van der Waals surface area contributed by atoms with Crippen LogP contribution in [0.1, 0.15) is 37.3 Å². The molecule has 5 heteroatoms. The standard InChI is InChI=1S/C22H26ClNO3/c1-2-20(27-18-12-11-16-7-3-4-8-17(16)15-18)22(25)24-13-14-26-21-10-6-5-9-19(21)23/h5-6,9-12,15,20H,2-4,7-8,13-14H2,1H3,(H,24,25)/t20-/m0/s1. The van der Waals surface area contributed by atoms with Gasteiger partial charge in [-0.15, -0.1) is 0 Å². The number of amides is 1. The van der Waals surface area contributed by atoms with Gasteiger partial charge in [-0.25, -0.2) is 0 Å². The van der Waals surface area contributed by atoms with Crippen LogP contribution in [0.5, 0.6) is 11.5 Å². The predicted octanol–water partition coefficient (Wildman–Crippen LogP) is 4.57. The molecule has 3 rings (SSSR count). The predicted molar refractivity (Wildman–Crippen MR) is 108 cm³/mol. The van der Waals surface area contributed by atoms with Crippen LogP contribution in [-0.4, -0.2) is 25.2 Å². The van der Waals surface area contributed by atoms with Crippen molar-refractivity contribution < 1.29 is 14.3 Å². The molecule has 2 aromatic rings. The van der Waals surface area contributed by atoms with Crippen LogP contribution in [0.25, 0.3) is 0 Å². The molecule has 0 radical (unpaired) electrons. The van der Waals surface area contributed by atoms with Crippen molar-refractivity contribution in [3.8, 4) is 11.5 Å². The van der Waals surface area contributed by atoms with Gasteiger partial charge in [0.1, 0.15) is 18.1 Å². The molecule has 0 bridgehead atoms. The molecule has 0 aromatic heterocycles. The van der Waals surface area contributed by atoms with Crippen molar-refractivity contribution in [2.75, 3.05) is 13.2 Å². The summed E-state index contributed by atoms with van der Waals surface area (Å²) in [5.41, 5.74) is 2.75. The second-order valence-electron chi connectivity index (χ2n) is 6.72. The number of rotatable bonds is 8. The summed E-state index contributed by atoms with van der Waals surface area (Å²) in [4.78, 5) is 12.4. The third-order valence-corrected chi connectivity index (χ3v) is 5.07. The van der Waals surface area contributed by atoms with Gasteiger partial charge in [0, 0.05) is 0 Å². The summed E-state index contributed by atoms with van der Waals surface area (Å²) < 4.78 is 11.5. The molecule has 1 aliphatic carbocycles. The highest BCUT2D eigenvalue weighted by molar-refractivity contribution is 6.32. The summed E-state index contributed by atoms with van der Waals surface area (Å²) in [5, 5.41) is 3.44. The van der Waals surface area contributed by atoms with E-state index in [1.807, 2.05) is 25.1 Å². The highest BCUT2D eigenvalue weighted by atomic mass is 35.5. The topological polar surface area (TPSA) is 47.6 Å². The van der Waals surface area contributed by atoms with Crippen molar-refractivity contribution in [3.63, 3.8) is 0 Å². The Hall–Kier alpha value is -2.20. The first-order chi connectivity index (χ1) is 13.2. The summed E-state index contributed by atoms with van der Waals surface area (Å²) in [6.45, 7) is 2.70. The minimum Gasteiger partial charge on any atom is -0.490 e. The summed E-state index contributed by atoms with van der Waals surface area (Å²) in [6.07, 6.45) is 4.80. The van der Waals surface area contributed by atoms with Gasteiger partial charge in [-0.1, -0.05) is 36.7 Å². The third kappa shape index (κ3) is 5.39. The van der Waals surface area contributed by atoms with Crippen molar-refractivity contribution in [2.24, 2.45) is 0 Å². The van der Waals surface area contributed by atoms with Crippen LogP contribution in [-0.2, 0) is 17.6 Å². The Morgan fingerprint density at radius 3 is 2.70 bits per heavy atom. The van der Waals surface area contributed by atoms with Crippen LogP contribution in [0.2, 0.25) is 5.02 Å². The number of aryl methyl sites for hydroxylation is 2. The molecule has 27 heavy (non-hydrogen) atoms. The highest BCUT2D eigenvalue weighted by Gasteiger charge is 2.19. The molecule has 1 amide bonds. The molecule has 0 spiro atoms. The Morgan fingerprint density at radius 1 is 1.15 bits per heavy atom. The van der Waals surface area contributed by atoms with E-state index in [9.17, 15) is 4.79 Å². The van der Waals surface area contributed by atoms with Gasteiger partial charge in [0.25, 0.3) is 5.91 Å². The molecule has 0 fully saturated rings. The molecule has 144 valence electrons. The first-order valence-corrected chi connectivity index (χ1v) is 9.98. The van der Waals surface area contributed by atoms with Crippen molar-refractivity contribution in [1.82, 2.24) is 5.32 Å². The fourth-order valence-corrected chi connectivity index (χ4v) is 3.47. The largest absolute Gasteiger partial charge is 0.490 e. The first kappa shape index (κ1) is 19.6. The zero-order valence-electron chi connectivity index (χ0n) is 15.7. The molecule has 1 atom stereocenters. The van der Waals surface area contributed by atoms with E-state index in [1.165, 1.54) is 24.0 Å². The Morgan fingerprint density at radius 2 is 1.93 bits per heavy atom. The van der Waals surface area contributed by atoms with Crippen LogP contribution in [0.3, 0.4) is 0 Å². The molecule has 2 aromatic carbocycles. The van der Waals surface area contributed by atoms with Crippen LogP contribution in [0.15, 0.2) is 42.5 Å². The zero-order valence-corrected chi connectivity index (χ0v) is 16.4. The summed E-state index contributed by atoms with van der Waals surface area (Å²) in [5.74, 6) is 1.26. The number of hydrogen-bond acceptors (Lipinski definition) is 3. The Bertz CT molecular complexity index is 778. The van der Waals surface area contributed by atoms with E-state index in [0.717, 1.165) is 18.6 Å². The van der Waals surface area contributed by atoms with Crippen molar-refractivity contribution in [2.45, 2.75) is 45.1 Å². The second kappa shape index (κ2) is 9.65. The second-order valence-corrected chi connectivity index (χ2v) is 7.13. The molecule has 4 nitrogen and oxygen atoms in total. The maximum Gasteiger partial charge on any atom is 0.261 e. The fraction of sp³-hybridized carbons (Fsp3) is 0.409. The van der Waals surface area contributed by atoms with E-state index in [4.69, 9.17) is 21.1 Å². The number of nitrogens with one attached hydrogen (secondary N) is 1. The maximum atomic E-state index is 12.4. The average molecular weight is 388 g/mol. The third-order valence-electron chi connectivity index (χ3n) is 4.76. The minimum atomic E-state index is -0.507. The van der Waals surface area contributed by atoms with Crippen molar-refractivity contribution in [1.29, 1.82) is 0 Å². The van der Waals surface area contributed by atoms with Crippen LogP contribution in [0, 0.1) is 0 Å². The number of fused-ring (bicyclic) bond motifs is 1. The summed E-state index contributed by atoms with van der Waals surface area (Å²) >= 11 is 6.05. The number of para-hydroxylation sites is 1. The Kier molecular flexibility index (Phi) is 6.99. The Balaban J connectivity index is 1.48. The number of hydrogen-bond donors (Lipinski definition) is 1. The van der Waals surface area contributed by atoms with Crippen LogP contribution in [0.4, 0.5) is 0 Å². The number of halogens is 1. The van der Waals surface area contributed by atoms with E-state index < -0.39 is 6.10 Å². The lowest BCUT2D eigenvalue weighted by molar-refractivity contribution is -0.128. The number of benzene rings is 2. The van der Waals surface area contributed by atoms with E-state index in [1.54, 1.807) is 12.1 Å². The highest BCUT2D eigenvalue weighted by Crippen LogP contribution is 2.26. The van der Waals surface area contributed by atoms with Gasteiger partial charge >= 0.3 is 0 Å². The lowest BCUT2D eigenvalue weighted by atomic mass is 9.92. The molecule has 0 aliphatic heterocycles. The van der Waals surface area contributed by atoms with Gasteiger partial charge in [-0.2, -0.15) is 0 Å². The van der Waals surface area contributed by atoms with Gasteiger partial charge in [0.15, 0.2) is 6.10 Å². The average Bonchev–Trinajstić information content (AvgIpc) is 2.70. The molecular formula is C22H26ClNO3. The monoisotopic (exact) mass is 387 g/mol. The molecule has 0 unspecified atom stereocenters. The summed E-state index contributed by atoms with van der Waals surface area (Å²) in [6, 6.07) is 13.5. The van der Waals surface area contributed by atoms with Crippen LogP contribution >= 0.6 is 11.6 Å². The van der Waals surface area contributed by atoms with Crippen LogP contribution < -0.4 is 14.8 Å². The quantitative estimate of drug-likeness (QED) is 0.675. The van der Waals surface area contributed by atoms with Gasteiger partial charge in [0.2, 0.25) is 0 Å². The normalized spacial score (nSPS) is 14.1. The minimum absolute atomic E-state index is 0.127. The number of ether oxygens (including phenoxy) is 2. The molecule has 0 saturated heterocycles. The molecule has 0 saturated carbocycles. The lowest BCUT2D eigenvalue weighted by Gasteiger charge is -2.20. The molecule has 1 N–H and O–H groups in total. The zero-order chi connectivity index (χ0) is 19.1. The first-order valence-electron chi connectivity index (χ1n) is 9.61. The van der Waals surface area contributed by atoms with Crippen molar-refractivity contribution in [3.05, 3.63) is 58.6 Å². The van der Waals surface area contributed by atoms with E-state index in [0.29, 0.717) is 30.3 Å². The maximum absolute atomic E-state index is 12.4. The van der Waals surface area contributed by atoms with Gasteiger partial charge in [-0.3, -0.25) is 4.79 Å².